The number of unbranched alkanes of at least 4 members (excludes halogenated alkanes) is 37. The zero-order valence-electron chi connectivity index (χ0n) is 43.6. The van der Waals surface area contributed by atoms with Crippen LogP contribution in [0.1, 0.15) is 310 Å². The van der Waals surface area contributed by atoms with Crippen molar-refractivity contribution in [1.29, 1.82) is 0 Å². The molecule has 1 rings (SSSR count). The number of hydrogen-bond acceptors (Lipinski definition) is 3. The molecule has 3 nitrogen and oxygen atoms in total. The van der Waals surface area contributed by atoms with Crippen LogP contribution < -0.4 is 0 Å². The summed E-state index contributed by atoms with van der Waals surface area (Å²) in [6, 6.07) is 6.56. The van der Waals surface area contributed by atoms with E-state index in [2.05, 4.69) is 34.6 Å². The summed E-state index contributed by atoms with van der Waals surface area (Å²) >= 11 is 0. The van der Waals surface area contributed by atoms with Crippen LogP contribution in [0.4, 0.5) is 0 Å². The van der Waals surface area contributed by atoms with Gasteiger partial charge in [-0.3, -0.25) is 0 Å². The minimum Gasteiger partial charge on any atom is -0.744 e. The van der Waals surface area contributed by atoms with Crippen molar-refractivity contribution in [2.75, 3.05) is 24.6 Å². The van der Waals surface area contributed by atoms with Crippen molar-refractivity contribution < 1.29 is 13.0 Å². The van der Waals surface area contributed by atoms with Crippen molar-refractivity contribution in [3.8, 4) is 0 Å². The number of aryl methyl sites for hydroxylation is 1. The first kappa shape index (κ1) is 62.6. The SMILES string of the molecule is CCCCCCCCCCCCc1ccccc1S(=O)(=O)[O-].CCCCCCCCCC[P+](CCCCCCCCCC)(CCCCCCCCCC)CCCCCCCCCC. The van der Waals surface area contributed by atoms with Gasteiger partial charge in [0.05, 0.1) is 29.5 Å². The van der Waals surface area contributed by atoms with Crippen molar-refractivity contribution in [3.63, 3.8) is 0 Å². The van der Waals surface area contributed by atoms with Crippen LogP contribution in [0, 0.1) is 0 Å². The van der Waals surface area contributed by atoms with Gasteiger partial charge >= 0.3 is 0 Å². The topological polar surface area (TPSA) is 57.2 Å². The van der Waals surface area contributed by atoms with Gasteiger partial charge in [0.2, 0.25) is 0 Å². The van der Waals surface area contributed by atoms with E-state index in [9.17, 15) is 13.0 Å². The third-order valence-electron chi connectivity index (χ3n) is 14.0. The van der Waals surface area contributed by atoms with Crippen LogP contribution in [0.2, 0.25) is 0 Å². The first-order valence-corrected chi connectivity index (χ1v) is 32.6. The summed E-state index contributed by atoms with van der Waals surface area (Å²) in [5, 5.41) is 0. The molecule has 0 heterocycles. The number of rotatable bonds is 48. The minimum absolute atomic E-state index is 0.0501. The maximum Gasteiger partial charge on any atom is 0.124 e. The van der Waals surface area contributed by atoms with E-state index in [0.717, 1.165) is 12.8 Å². The Bertz CT molecular complexity index is 1070. The van der Waals surface area contributed by atoms with Gasteiger partial charge in [0, 0.05) is 7.26 Å². The van der Waals surface area contributed by atoms with E-state index in [4.69, 9.17) is 0 Å². The standard InChI is InChI=1S/C40H84P.C18H30O3S/c1-5-9-13-17-21-25-29-33-37-41(38-34-30-26-22-18-14-10-6-2,39-35-31-27-23-19-15-11-7-3)40-36-32-28-24-20-16-12-8-4;1-2-3-4-5-6-7-8-9-10-11-14-17-15-12-13-16-18(17)22(19,20)21/h5-40H2,1-4H3;12-13,15-16H,2-11,14H2,1H3,(H,19,20,21)/q+1;/p-1. The molecule has 374 valence electrons. The summed E-state index contributed by atoms with van der Waals surface area (Å²) in [6.45, 7) is 11.6. The highest BCUT2D eigenvalue weighted by Crippen LogP contribution is 2.61. The summed E-state index contributed by atoms with van der Waals surface area (Å²) in [5.41, 5.74) is 0.664. The molecule has 0 fully saturated rings. The molecule has 0 saturated heterocycles. The fourth-order valence-corrected chi connectivity index (χ4v) is 15.4. The molecule has 0 aliphatic rings. The molecule has 0 aromatic heterocycles. The third kappa shape index (κ3) is 41.5. The molecular weight excluding hydrogens is 808 g/mol. The first-order chi connectivity index (χ1) is 30.8. The molecule has 0 N–H and O–H groups in total. The fraction of sp³-hybridized carbons (Fsp3) is 0.897. The van der Waals surface area contributed by atoms with Gasteiger partial charge in [-0.15, -0.1) is 0 Å². The van der Waals surface area contributed by atoms with E-state index in [0.29, 0.717) is 12.0 Å². The molecule has 0 radical (unpaired) electrons. The Morgan fingerprint density at radius 1 is 0.333 bits per heavy atom. The largest absolute Gasteiger partial charge is 0.744 e. The molecule has 0 spiro atoms. The number of hydrogen-bond donors (Lipinski definition) is 0. The summed E-state index contributed by atoms with van der Waals surface area (Å²) in [4.78, 5) is -0.0501. The van der Waals surface area contributed by atoms with E-state index >= 15 is 0 Å². The molecule has 0 atom stereocenters. The maximum atomic E-state index is 11.2. The van der Waals surface area contributed by atoms with Crippen molar-refractivity contribution in [2.24, 2.45) is 0 Å². The fourth-order valence-electron chi connectivity index (χ4n) is 9.75. The van der Waals surface area contributed by atoms with Crippen molar-refractivity contribution in [2.45, 2.75) is 316 Å². The van der Waals surface area contributed by atoms with Gasteiger partial charge in [-0.05, 0) is 75.8 Å². The van der Waals surface area contributed by atoms with Gasteiger partial charge < -0.3 is 4.55 Å². The Balaban J connectivity index is 0.00000146. The predicted molar refractivity (Wildman–Crippen MR) is 287 cm³/mol. The molecule has 0 saturated carbocycles. The van der Waals surface area contributed by atoms with Crippen LogP contribution in [0.15, 0.2) is 29.2 Å². The summed E-state index contributed by atoms with van der Waals surface area (Å²) in [7, 11) is -5.11. The Labute approximate surface area is 398 Å². The predicted octanol–water partition coefficient (Wildman–Crippen LogP) is 20.6. The average Bonchev–Trinajstić information content (AvgIpc) is 3.28. The molecular formula is C58H113O3PS. The van der Waals surface area contributed by atoms with E-state index in [1.165, 1.54) is 237 Å². The minimum atomic E-state index is -4.35. The normalized spacial score (nSPS) is 11.9. The number of benzene rings is 1. The second-order valence-electron chi connectivity index (χ2n) is 20.1. The highest BCUT2D eigenvalue weighted by Gasteiger charge is 2.35. The smallest absolute Gasteiger partial charge is 0.124 e. The lowest BCUT2D eigenvalue weighted by molar-refractivity contribution is 0.461. The zero-order valence-corrected chi connectivity index (χ0v) is 45.3. The highest BCUT2D eigenvalue weighted by molar-refractivity contribution is 7.85. The quantitative estimate of drug-likeness (QED) is 0.0372. The lowest BCUT2D eigenvalue weighted by atomic mass is 10.0. The Morgan fingerprint density at radius 2 is 0.556 bits per heavy atom. The lowest BCUT2D eigenvalue weighted by Gasteiger charge is -2.28. The Hall–Kier alpha value is -0.440. The molecule has 0 unspecified atom stereocenters. The Kier molecular flexibility index (Phi) is 47.7. The second-order valence-corrected chi connectivity index (χ2v) is 25.9. The first-order valence-electron chi connectivity index (χ1n) is 28.7. The van der Waals surface area contributed by atoms with Crippen LogP contribution in [-0.2, 0) is 16.5 Å². The summed E-state index contributed by atoms with van der Waals surface area (Å²) in [6.07, 6.45) is 67.4. The van der Waals surface area contributed by atoms with Gasteiger partial charge in [0.25, 0.3) is 0 Å². The second kappa shape index (κ2) is 48.0. The molecule has 5 heteroatoms. The maximum absolute atomic E-state index is 11.2. The zero-order chi connectivity index (χ0) is 46.2. The molecule has 0 aliphatic carbocycles. The van der Waals surface area contributed by atoms with Crippen LogP contribution in [-0.4, -0.2) is 37.6 Å². The van der Waals surface area contributed by atoms with E-state index < -0.39 is 17.4 Å². The van der Waals surface area contributed by atoms with Crippen molar-refractivity contribution >= 4 is 17.4 Å². The molecule has 0 amide bonds. The van der Waals surface area contributed by atoms with Crippen LogP contribution >= 0.6 is 7.26 Å². The van der Waals surface area contributed by atoms with Gasteiger partial charge in [0.15, 0.2) is 0 Å². The van der Waals surface area contributed by atoms with Crippen molar-refractivity contribution in [3.05, 3.63) is 29.8 Å². The molecule has 0 aliphatic heterocycles. The summed E-state index contributed by atoms with van der Waals surface area (Å²) in [5.74, 6) is 0. The third-order valence-corrected chi connectivity index (χ3v) is 20.0. The van der Waals surface area contributed by atoms with E-state index in [1.54, 1.807) is 68.5 Å². The molecule has 1 aromatic carbocycles. The van der Waals surface area contributed by atoms with Gasteiger partial charge in [-0.25, -0.2) is 8.42 Å². The van der Waals surface area contributed by atoms with Gasteiger partial charge in [-0.1, -0.05) is 265 Å². The monoisotopic (exact) mass is 921 g/mol. The lowest BCUT2D eigenvalue weighted by Crippen LogP contribution is -2.13. The molecule has 63 heavy (non-hydrogen) atoms. The molecule has 0 bridgehead atoms. The van der Waals surface area contributed by atoms with Crippen LogP contribution in [0.5, 0.6) is 0 Å². The van der Waals surface area contributed by atoms with Crippen LogP contribution in [0.3, 0.4) is 0 Å². The average molecular weight is 922 g/mol. The van der Waals surface area contributed by atoms with Gasteiger partial charge in [-0.2, -0.15) is 0 Å². The summed E-state index contributed by atoms with van der Waals surface area (Å²) < 4.78 is 33.5. The Morgan fingerprint density at radius 3 is 0.810 bits per heavy atom. The highest BCUT2D eigenvalue weighted by atomic mass is 32.2. The van der Waals surface area contributed by atoms with Crippen LogP contribution in [0.25, 0.3) is 0 Å². The van der Waals surface area contributed by atoms with E-state index in [-0.39, 0.29) is 4.90 Å². The van der Waals surface area contributed by atoms with Gasteiger partial charge in [0.1, 0.15) is 10.1 Å². The molecule has 1 aromatic rings. The van der Waals surface area contributed by atoms with Crippen molar-refractivity contribution in [1.82, 2.24) is 0 Å². The van der Waals surface area contributed by atoms with E-state index in [1.807, 2.05) is 0 Å².